The van der Waals surface area contributed by atoms with Crippen molar-refractivity contribution in [2.45, 2.75) is 19.4 Å². The lowest BCUT2D eigenvalue weighted by Crippen LogP contribution is -2.34. The molecule has 1 N–H and O–H groups in total. The molecule has 0 saturated heterocycles. The molecular weight excluding hydrogens is 286 g/mol. The standard InChI is InChI=1S/C16H17NO3S/c1-10-12-6-8-21-15(12)5-7-17(10)14-9-11(20-2)3-4-13(14)16(18)19/h3-4,6,8-10H,5,7H2,1-2H3,(H,18,19). The molecule has 1 unspecified atom stereocenters. The maximum atomic E-state index is 11.5. The van der Waals surface area contributed by atoms with Crippen LogP contribution in [0.4, 0.5) is 5.69 Å². The zero-order valence-corrected chi connectivity index (χ0v) is 12.8. The van der Waals surface area contributed by atoms with Crippen LogP contribution in [-0.4, -0.2) is 24.7 Å². The number of methoxy groups -OCH3 is 1. The van der Waals surface area contributed by atoms with Crippen LogP contribution in [0.3, 0.4) is 0 Å². The third-order valence-corrected chi connectivity index (χ3v) is 5.02. The van der Waals surface area contributed by atoms with Crippen molar-refractivity contribution in [1.82, 2.24) is 0 Å². The summed E-state index contributed by atoms with van der Waals surface area (Å²) in [6.07, 6.45) is 0.952. The molecule has 1 atom stereocenters. The van der Waals surface area contributed by atoms with Gasteiger partial charge in [0, 0.05) is 17.5 Å². The molecule has 0 amide bonds. The van der Waals surface area contributed by atoms with Gasteiger partial charge in [0.25, 0.3) is 0 Å². The minimum atomic E-state index is -0.907. The summed E-state index contributed by atoms with van der Waals surface area (Å²) in [5.41, 5.74) is 2.35. The Hall–Kier alpha value is -2.01. The van der Waals surface area contributed by atoms with E-state index in [0.29, 0.717) is 11.3 Å². The highest BCUT2D eigenvalue weighted by Crippen LogP contribution is 2.38. The molecular formula is C16H17NO3S. The van der Waals surface area contributed by atoms with Gasteiger partial charge >= 0.3 is 5.97 Å². The van der Waals surface area contributed by atoms with Crippen molar-refractivity contribution >= 4 is 23.0 Å². The third-order valence-electron chi connectivity index (χ3n) is 4.02. The molecule has 0 aliphatic carbocycles. The normalized spacial score (nSPS) is 17.4. The van der Waals surface area contributed by atoms with E-state index in [9.17, 15) is 9.90 Å². The van der Waals surface area contributed by atoms with Crippen molar-refractivity contribution in [2.75, 3.05) is 18.6 Å². The predicted molar refractivity (Wildman–Crippen MR) is 83.7 cm³/mol. The monoisotopic (exact) mass is 303 g/mol. The van der Waals surface area contributed by atoms with Gasteiger partial charge in [-0.05, 0) is 42.5 Å². The van der Waals surface area contributed by atoms with Crippen molar-refractivity contribution in [3.05, 3.63) is 45.6 Å². The van der Waals surface area contributed by atoms with E-state index in [4.69, 9.17) is 4.74 Å². The van der Waals surface area contributed by atoms with E-state index in [-0.39, 0.29) is 6.04 Å². The molecule has 1 aromatic heterocycles. The zero-order chi connectivity index (χ0) is 15.0. The Morgan fingerprint density at radius 3 is 2.95 bits per heavy atom. The molecule has 1 aliphatic heterocycles. The topological polar surface area (TPSA) is 49.8 Å². The van der Waals surface area contributed by atoms with Gasteiger partial charge in [0.2, 0.25) is 0 Å². The van der Waals surface area contributed by atoms with E-state index >= 15 is 0 Å². The molecule has 2 heterocycles. The Morgan fingerprint density at radius 2 is 2.24 bits per heavy atom. The van der Waals surface area contributed by atoms with Crippen LogP contribution in [0.25, 0.3) is 0 Å². The van der Waals surface area contributed by atoms with Gasteiger partial charge in [-0.1, -0.05) is 0 Å². The van der Waals surface area contributed by atoms with E-state index in [1.165, 1.54) is 10.4 Å². The fraction of sp³-hybridized carbons (Fsp3) is 0.312. The molecule has 4 nitrogen and oxygen atoms in total. The molecule has 0 saturated carbocycles. The van der Waals surface area contributed by atoms with E-state index in [1.54, 1.807) is 30.6 Å². The molecule has 0 spiro atoms. The summed E-state index contributed by atoms with van der Waals surface area (Å²) in [4.78, 5) is 15.1. The molecule has 110 valence electrons. The third kappa shape index (κ3) is 2.38. The summed E-state index contributed by atoms with van der Waals surface area (Å²) in [5.74, 6) is -0.228. The number of hydrogen-bond donors (Lipinski definition) is 1. The summed E-state index contributed by atoms with van der Waals surface area (Å²) in [7, 11) is 1.59. The van der Waals surface area contributed by atoms with Crippen LogP contribution in [-0.2, 0) is 6.42 Å². The van der Waals surface area contributed by atoms with Gasteiger partial charge in [-0.25, -0.2) is 4.79 Å². The van der Waals surface area contributed by atoms with E-state index in [2.05, 4.69) is 23.3 Å². The fourth-order valence-corrected chi connectivity index (χ4v) is 3.86. The Labute approximate surface area is 127 Å². The number of fused-ring (bicyclic) bond motifs is 1. The Morgan fingerprint density at radius 1 is 1.43 bits per heavy atom. The number of rotatable bonds is 3. The van der Waals surface area contributed by atoms with Gasteiger partial charge in [0.15, 0.2) is 0 Å². The second-order valence-electron chi connectivity index (χ2n) is 5.11. The Kier molecular flexibility index (Phi) is 3.59. The molecule has 0 fully saturated rings. The maximum Gasteiger partial charge on any atom is 0.337 e. The minimum Gasteiger partial charge on any atom is -0.497 e. The number of aromatic carboxylic acids is 1. The number of carbonyl (C=O) groups is 1. The molecule has 1 aromatic carbocycles. The molecule has 1 aliphatic rings. The first-order valence-electron chi connectivity index (χ1n) is 6.86. The maximum absolute atomic E-state index is 11.5. The number of ether oxygens (including phenoxy) is 1. The molecule has 2 aromatic rings. The fourth-order valence-electron chi connectivity index (χ4n) is 2.90. The van der Waals surface area contributed by atoms with Crippen LogP contribution in [0.1, 0.15) is 33.8 Å². The van der Waals surface area contributed by atoms with Crippen LogP contribution in [0.2, 0.25) is 0 Å². The molecule has 0 radical (unpaired) electrons. The van der Waals surface area contributed by atoms with E-state index in [1.807, 2.05) is 6.07 Å². The lowest BCUT2D eigenvalue weighted by Gasteiger charge is -2.36. The van der Waals surface area contributed by atoms with E-state index in [0.717, 1.165) is 18.7 Å². The highest BCUT2D eigenvalue weighted by Gasteiger charge is 2.28. The first-order chi connectivity index (χ1) is 10.1. The van der Waals surface area contributed by atoms with Gasteiger partial charge in [-0.3, -0.25) is 0 Å². The highest BCUT2D eigenvalue weighted by molar-refractivity contribution is 7.10. The lowest BCUT2D eigenvalue weighted by molar-refractivity contribution is 0.0697. The molecule has 5 heteroatoms. The summed E-state index contributed by atoms with van der Waals surface area (Å²) in [6, 6.07) is 7.43. The van der Waals surface area contributed by atoms with E-state index < -0.39 is 5.97 Å². The number of anilines is 1. The van der Waals surface area contributed by atoms with Crippen molar-refractivity contribution in [3.8, 4) is 5.75 Å². The number of thiophene rings is 1. The van der Waals surface area contributed by atoms with Gasteiger partial charge in [-0.15, -0.1) is 11.3 Å². The number of carboxylic acid groups (broad SMARTS) is 1. The number of carboxylic acids is 1. The first-order valence-corrected chi connectivity index (χ1v) is 7.74. The molecule has 0 bridgehead atoms. The smallest absolute Gasteiger partial charge is 0.337 e. The lowest BCUT2D eigenvalue weighted by atomic mass is 9.99. The van der Waals surface area contributed by atoms with Crippen molar-refractivity contribution < 1.29 is 14.6 Å². The second-order valence-corrected chi connectivity index (χ2v) is 6.11. The average molecular weight is 303 g/mol. The zero-order valence-electron chi connectivity index (χ0n) is 12.0. The number of hydrogen-bond acceptors (Lipinski definition) is 4. The Balaban J connectivity index is 2.06. The van der Waals surface area contributed by atoms with Crippen LogP contribution in [0.15, 0.2) is 29.6 Å². The van der Waals surface area contributed by atoms with Crippen LogP contribution < -0.4 is 9.64 Å². The van der Waals surface area contributed by atoms with Gasteiger partial charge in [0.1, 0.15) is 5.75 Å². The minimum absolute atomic E-state index is 0.171. The second kappa shape index (κ2) is 5.41. The van der Waals surface area contributed by atoms with Gasteiger partial charge < -0.3 is 14.7 Å². The van der Waals surface area contributed by atoms with Gasteiger partial charge in [0.05, 0.1) is 24.4 Å². The summed E-state index contributed by atoms with van der Waals surface area (Å²) in [5, 5.41) is 11.5. The molecule has 21 heavy (non-hydrogen) atoms. The van der Waals surface area contributed by atoms with Gasteiger partial charge in [-0.2, -0.15) is 0 Å². The summed E-state index contributed by atoms with van der Waals surface area (Å²) >= 11 is 1.78. The van der Waals surface area contributed by atoms with Crippen molar-refractivity contribution in [1.29, 1.82) is 0 Å². The Bertz CT molecular complexity index is 680. The highest BCUT2D eigenvalue weighted by atomic mass is 32.1. The first kappa shape index (κ1) is 13.9. The largest absolute Gasteiger partial charge is 0.497 e. The summed E-state index contributed by atoms with van der Waals surface area (Å²) in [6.45, 7) is 2.94. The number of nitrogens with zero attached hydrogens (tertiary/aromatic N) is 1. The predicted octanol–water partition coefficient (Wildman–Crippen LogP) is 3.58. The number of benzene rings is 1. The SMILES string of the molecule is COc1ccc(C(=O)O)c(N2CCc3sccc3C2C)c1. The van der Waals surface area contributed by atoms with Crippen LogP contribution in [0.5, 0.6) is 5.75 Å². The quantitative estimate of drug-likeness (QED) is 0.941. The molecule has 3 rings (SSSR count). The van der Waals surface area contributed by atoms with Crippen LogP contribution >= 0.6 is 11.3 Å². The summed E-state index contributed by atoms with van der Waals surface area (Å²) < 4.78 is 5.25. The van der Waals surface area contributed by atoms with Crippen LogP contribution in [0, 0.1) is 0 Å². The average Bonchev–Trinajstić information content (AvgIpc) is 2.96. The van der Waals surface area contributed by atoms with Crippen molar-refractivity contribution in [3.63, 3.8) is 0 Å². The van der Waals surface area contributed by atoms with Crippen molar-refractivity contribution in [2.24, 2.45) is 0 Å².